The molecule has 21 heavy (non-hydrogen) atoms. The minimum Gasteiger partial charge on any atom is -0.388 e. The Kier molecular flexibility index (Phi) is 4.90. The molecule has 1 aliphatic carbocycles. The summed E-state index contributed by atoms with van der Waals surface area (Å²) in [5.41, 5.74) is -0.356. The van der Waals surface area contributed by atoms with Crippen LogP contribution in [0.4, 0.5) is 5.69 Å². The Hall–Kier alpha value is -1.53. The maximum absolute atomic E-state index is 11.8. The van der Waals surface area contributed by atoms with Gasteiger partial charge in [-0.2, -0.15) is 0 Å². The average Bonchev–Trinajstić information content (AvgIpc) is 3.30. The van der Waals surface area contributed by atoms with Crippen molar-refractivity contribution < 1.29 is 14.7 Å². The van der Waals surface area contributed by atoms with Gasteiger partial charge < -0.3 is 15.7 Å². The summed E-state index contributed by atoms with van der Waals surface area (Å²) in [6.45, 7) is 1.78. The van der Waals surface area contributed by atoms with E-state index in [4.69, 9.17) is 0 Å². The van der Waals surface area contributed by atoms with Gasteiger partial charge in [0.15, 0.2) is 0 Å². The number of nitrogens with one attached hydrogen (secondary N) is 2. The summed E-state index contributed by atoms with van der Waals surface area (Å²) in [5, 5.41) is 15.1. The van der Waals surface area contributed by atoms with Crippen molar-refractivity contribution in [3.8, 4) is 0 Å². The molecule has 0 spiro atoms. The second-order valence-corrected chi connectivity index (χ2v) is 6.38. The summed E-state index contributed by atoms with van der Waals surface area (Å²) in [7, 11) is 0. The Morgan fingerprint density at radius 2 is 2.10 bits per heavy atom. The van der Waals surface area contributed by atoms with E-state index in [9.17, 15) is 14.7 Å². The third-order valence-corrected chi connectivity index (χ3v) is 4.32. The van der Waals surface area contributed by atoms with Crippen LogP contribution < -0.4 is 10.6 Å². The van der Waals surface area contributed by atoms with Gasteiger partial charge >= 0.3 is 11.8 Å². The van der Waals surface area contributed by atoms with Crippen molar-refractivity contribution >= 4 is 29.3 Å². The smallest absolute Gasteiger partial charge is 0.313 e. The van der Waals surface area contributed by atoms with Crippen LogP contribution in [0, 0.1) is 5.92 Å². The summed E-state index contributed by atoms with van der Waals surface area (Å²) in [6.07, 6.45) is 3.88. The van der Waals surface area contributed by atoms with E-state index in [0.717, 1.165) is 17.7 Å². The molecule has 0 heterocycles. The SMILES string of the molecule is CSc1cccc(NC(=O)C(=O)NCC(C)(O)C2CC2)c1. The highest BCUT2D eigenvalue weighted by Crippen LogP contribution is 2.38. The second kappa shape index (κ2) is 6.49. The lowest BCUT2D eigenvalue weighted by molar-refractivity contribution is -0.136. The largest absolute Gasteiger partial charge is 0.388 e. The Morgan fingerprint density at radius 3 is 2.71 bits per heavy atom. The first-order chi connectivity index (χ1) is 9.92. The quantitative estimate of drug-likeness (QED) is 0.570. The number of anilines is 1. The van der Waals surface area contributed by atoms with E-state index >= 15 is 0 Å². The van der Waals surface area contributed by atoms with Gasteiger partial charge in [-0.1, -0.05) is 6.07 Å². The summed E-state index contributed by atoms with van der Waals surface area (Å²) < 4.78 is 0. The molecule has 1 saturated carbocycles. The summed E-state index contributed by atoms with van der Waals surface area (Å²) in [5.74, 6) is -1.23. The molecule has 0 saturated heterocycles. The number of thioether (sulfide) groups is 1. The molecule has 1 fully saturated rings. The van der Waals surface area contributed by atoms with Crippen LogP contribution >= 0.6 is 11.8 Å². The van der Waals surface area contributed by atoms with Gasteiger partial charge in [0.2, 0.25) is 0 Å². The minimum atomic E-state index is -0.936. The van der Waals surface area contributed by atoms with Crippen LogP contribution in [0.2, 0.25) is 0 Å². The van der Waals surface area contributed by atoms with E-state index in [-0.39, 0.29) is 12.5 Å². The molecule has 1 unspecified atom stereocenters. The van der Waals surface area contributed by atoms with E-state index in [2.05, 4.69) is 10.6 Å². The van der Waals surface area contributed by atoms with Crippen molar-refractivity contribution in [1.29, 1.82) is 0 Å². The van der Waals surface area contributed by atoms with Crippen molar-refractivity contribution in [3.05, 3.63) is 24.3 Å². The summed E-state index contributed by atoms with van der Waals surface area (Å²) >= 11 is 1.56. The molecule has 0 radical (unpaired) electrons. The number of aliphatic hydroxyl groups is 1. The van der Waals surface area contributed by atoms with Gasteiger partial charge in [0.05, 0.1) is 5.60 Å². The van der Waals surface area contributed by atoms with Crippen molar-refractivity contribution in [2.45, 2.75) is 30.3 Å². The molecule has 6 heteroatoms. The Morgan fingerprint density at radius 1 is 1.38 bits per heavy atom. The number of carbonyl (C=O) groups is 2. The number of rotatable bonds is 5. The van der Waals surface area contributed by atoms with E-state index in [1.165, 1.54) is 0 Å². The van der Waals surface area contributed by atoms with Gasteiger partial charge in [-0.05, 0) is 50.1 Å². The van der Waals surface area contributed by atoms with Crippen molar-refractivity contribution in [1.82, 2.24) is 5.32 Å². The molecule has 2 amide bonds. The zero-order chi connectivity index (χ0) is 15.5. The normalized spacial score (nSPS) is 16.9. The summed E-state index contributed by atoms with van der Waals surface area (Å²) in [4.78, 5) is 24.6. The van der Waals surface area contributed by atoms with Gasteiger partial charge in [-0.3, -0.25) is 9.59 Å². The molecular weight excluding hydrogens is 288 g/mol. The Labute approximate surface area is 128 Å². The van der Waals surface area contributed by atoms with E-state index in [1.54, 1.807) is 30.8 Å². The molecule has 1 aromatic rings. The van der Waals surface area contributed by atoms with Gasteiger partial charge in [0.1, 0.15) is 0 Å². The Balaban J connectivity index is 1.85. The fourth-order valence-electron chi connectivity index (χ4n) is 2.08. The predicted molar refractivity (Wildman–Crippen MR) is 83.2 cm³/mol. The van der Waals surface area contributed by atoms with Crippen LogP contribution in [0.5, 0.6) is 0 Å². The van der Waals surface area contributed by atoms with E-state index < -0.39 is 17.4 Å². The molecule has 2 rings (SSSR count). The zero-order valence-electron chi connectivity index (χ0n) is 12.2. The highest BCUT2D eigenvalue weighted by molar-refractivity contribution is 7.98. The Bertz CT molecular complexity index is 541. The summed E-state index contributed by atoms with van der Waals surface area (Å²) in [6, 6.07) is 7.27. The molecule has 5 nitrogen and oxygen atoms in total. The van der Waals surface area contributed by atoms with Gasteiger partial charge in [-0.15, -0.1) is 11.8 Å². The fourth-order valence-corrected chi connectivity index (χ4v) is 2.54. The highest BCUT2D eigenvalue weighted by atomic mass is 32.2. The fraction of sp³-hybridized carbons (Fsp3) is 0.467. The van der Waals surface area contributed by atoms with Gasteiger partial charge in [0, 0.05) is 17.1 Å². The third kappa shape index (κ3) is 4.47. The molecule has 3 N–H and O–H groups in total. The predicted octanol–water partition coefficient (Wildman–Crippen LogP) is 1.62. The first kappa shape index (κ1) is 15.9. The molecule has 114 valence electrons. The number of hydrogen-bond acceptors (Lipinski definition) is 4. The van der Waals surface area contributed by atoms with Gasteiger partial charge in [0.25, 0.3) is 0 Å². The lowest BCUT2D eigenvalue weighted by Gasteiger charge is -2.22. The molecule has 0 bridgehead atoms. The number of amides is 2. The van der Waals surface area contributed by atoms with E-state index in [0.29, 0.717) is 5.69 Å². The third-order valence-electron chi connectivity index (χ3n) is 3.60. The van der Waals surface area contributed by atoms with Crippen LogP contribution in [0.3, 0.4) is 0 Å². The molecule has 1 aromatic carbocycles. The monoisotopic (exact) mass is 308 g/mol. The van der Waals surface area contributed by atoms with Crippen molar-refractivity contribution in [3.63, 3.8) is 0 Å². The van der Waals surface area contributed by atoms with Gasteiger partial charge in [-0.25, -0.2) is 0 Å². The maximum atomic E-state index is 11.8. The minimum absolute atomic E-state index is 0.0920. The second-order valence-electron chi connectivity index (χ2n) is 5.50. The van der Waals surface area contributed by atoms with Crippen LogP contribution in [0.15, 0.2) is 29.2 Å². The molecule has 0 aliphatic heterocycles. The zero-order valence-corrected chi connectivity index (χ0v) is 13.0. The lowest BCUT2D eigenvalue weighted by Crippen LogP contribution is -2.45. The highest BCUT2D eigenvalue weighted by Gasteiger charge is 2.40. The van der Waals surface area contributed by atoms with Crippen LogP contribution in [-0.2, 0) is 9.59 Å². The van der Waals surface area contributed by atoms with Crippen molar-refractivity contribution in [2.24, 2.45) is 5.92 Å². The maximum Gasteiger partial charge on any atom is 0.313 e. The van der Waals surface area contributed by atoms with Crippen LogP contribution in [0.25, 0.3) is 0 Å². The molecule has 0 aromatic heterocycles. The van der Waals surface area contributed by atoms with Crippen molar-refractivity contribution in [2.75, 3.05) is 18.1 Å². The molecule has 1 atom stereocenters. The molecule has 1 aliphatic rings. The topological polar surface area (TPSA) is 78.4 Å². The van der Waals surface area contributed by atoms with Crippen LogP contribution in [-0.4, -0.2) is 35.3 Å². The number of benzene rings is 1. The van der Waals surface area contributed by atoms with Crippen LogP contribution in [0.1, 0.15) is 19.8 Å². The lowest BCUT2D eigenvalue weighted by atomic mass is 10.0. The number of hydrogen-bond donors (Lipinski definition) is 3. The van der Waals surface area contributed by atoms with E-state index in [1.807, 2.05) is 18.4 Å². The standard InChI is InChI=1S/C15H20N2O3S/c1-15(20,10-6-7-10)9-16-13(18)14(19)17-11-4-3-5-12(8-11)21-2/h3-5,8,10,20H,6-7,9H2,1-2H3,(H,16,18)(H,17,19). The average molecular weight is 308 g/mol. The first-order valence-electron chi connectivity index (χ1n) is 6.88. The molecular formula is C15H20N2O3S. The first-order valence-corrected chi connectivity index (χ1v) is 8.10. The number of carbonyl (C=O) groups excluding carboxylic acids is 2.